The minimum absolute atomic E-state index is 0. The van der Waals surface area contributed by atoms with Crippen LogP contribution in [0.1, 0.15) is 0 Å². The number of benzene rings is 1. The average molecular weight is 324 g/mol. The molecule has 1 N–H and O–H groups in total. The fraction of sp³-hybridized carbons (Fsp3) is 0.400. The molecule has 2 rings (SSSR count). The number of nitrogens with one attached hydrogen (secondary N) is 1. The fourth-order valence-corrected chi connectivity index (χ4v) is 1.56. The first-order valence-electron chi connectivity index (χ1n) is 4.47. The lowest BCUT2D eigenvalue weighted by Crippen LogP contribution is -2.43. The maximum absolute atomic E-state index is 3.34. The van der Waals surface area contributed by atoms with Crippen molar-refractivity contribution in [3.05, 3.63) is 30.3 Å². The van der Waals surface area contributed by atoms with Crippen LogP contribution in [0.2, 0.25) is 0 Å². The van der Waals surface area contributed by atoms with E-state index in [1.807, 2.05) is 0 Å². The highest BCUT2D eigenvalue weighted by molar-refractivity contribution is 8.93. The van der Waals surface area contributed by atoms with Gasteiger partial charge in [0.25, 0.3) is 0 Å². The molecule has 1 aromatic carbocycles. The van der Waals surface area contributed by atoms with Gasteiger partial charge in [-0.25, -0.2) is 0 Å². The molecule has 0 aromatic heterocycles. The van der Waals surface area contributed by atoms with Crippen molar-refractivity contribution in [2.75, 3.05) is 31.1 Å². The Morgan fingerprint density at radius 3 is 2.07 bits per heavy atom. The average Bonchev–Trinajstić information content (AvgIpc) is 2.21. The normalized spacial score (nSPS) is 15.3. The summed E-state index contributed by atoms with van der Waals surface area (Å²) in [7, 11) is 0. The van der Waals surface area contributed by atoms with Gasteiger partial charge < -0.3 is 10.2 Å². The zero-order chi connectivity index (χ0) is 8.23. The second-order valence-electron chi connectivity index (χ2n) is 3.07. The van der Waals surface area contributed by atoms with E-state index in [-0.39, 0.29) is 34.0 Å². The summed E-state index contributed by atoms with van der Waals surface area (Å²) in [6.07, 6.45) is 0. The molecule has 0 atom stereocenters. The van der Waals surface area contributed by atoms with Crippen molar-refractivity contribution in [2.45, 2.75) is 0 Å². The molecule has 0 bridgehead atoms. The van der Waals surface area contributed by atoms with Crippen molar-refractivity contribution >= 4 is 39.7 Å². The van der Waals surface area contributed by atoms with Crippen LogP contribution in [0.25, 0.3) is 0 Å². The molecule has 1 heterocycles. The van der Waals surface area contributed by atoms with Gasteiger partial charge in [0.2, 0.25) is 0 Å². The lowest BCUT2D eigenvalue weighted by atomic mass is 10.2. The van der Waals surface area contributed by atoms with Crippen LogP contribution in [0, 0.1) is 0 Å². The number of anilines is 1. The first kappa shape index (κ1) is 13.9. The molecule has 1 aromatic rings. The third kappa shape index (κ3) is 3.59. The molecule has 0 unspecified atom stereocenters. The van der Waals surface area contributed by atoms with Gasteiger partial charge in [0, 0.05) is 31.9 Å². The topological polar surface area (TPSA) is 15.3 Å². The van der Waals surface area contributed by atoms with Crippen molar-refractivity contribution in [2.24, 2.45) is 0 Å². The number of hydrogen-bond acceptors (Lipinski definition) is 2. The Kier molecular flexibility index (Phi) is 7.23. The molecule has 0 radical (unpaired) electrons. The van der Waals surface area contributed by atoms with Gasteiger partial charge >= 0.3 is 0 Å². The van der Waals surface area contributed by atoms with Crippen LogP contribution in [0.3, 0.4) is 0 Å². The predicted octanol–water partition coefficient (Wildman–Crippen LogP) is 2.25. The molecule has 4 heteroatoms. The molecular formula is C10H16Br2N2. The summed E-state index contributed by atoms with van der Waals surface area (Å²) in [6.45, 7) is 4.47. The third-order valence-electron chi connectivity index (χ3n) is 2.24. The zero-order valence-electron chi connectivity index (χ0n) is 7.98. The third-order valence-corrected chi connectivity index (χ3v) is 2.24. The van der Waals surface area contributed by atoms with E-state index in [4.69, 9.17) is 0 Å². The standard InChI is InChI=1S/C10H14N2.2BrH/c1-2-4-10(5-3-1)12-8-6-11-7-9-12;;/h1-5,11H,6-9H2;2*1H. The second kappa shape index (κ2) is 7.26. The van der Waals surface area contributed by atoms with Gasteiger partial charge in [-0.3, -0.25) is 0 Å². The maximum Gasteiger partial charge on any atom is 0.0367 e. The smallest absolute Gasteiger partial charge is 0.0367 e. The molecule has 1 fully saturated rings. The van der Waals surface area contributed by atoms with Crippen molar-refractivity contribution in [1.29, 1.82) is 0 Å². The molecule has 0 saturated carbocycles. The summed E-state index contributed by atoms with van der Waals surface area (Å²) in [4.78, 5) is 2.41. The van der Waals surface area contributed by atoms with Crippen LogP contribution in [-0.2, 0) is 0 Å². The van der Waals surface area contributed by atoms with Crippen LogP contribution >= 0.6 is 34.0 Å². The van der Waals surface area contributed by atoms with E-state index in [0.29, 0.717) is 0 Å². The lowest BCUT2D eigenvalue weighted by molar-refractivity contribution is 0.589. The maximum atomic E-state index is 3.34. The van der Waals surface area contributed by atoms with E-state index >= 15 is 0 Å². The molecule has 1 saturated heterocycles. The highest BCUT2D eigenvalue weighted by Gasteiger charge is 2.08. The first-order valence-corrected chi connectivity index (χ1v) is 4.47. The second-order valence-corrected chi connectivity index (χ2v) is 3.07. The van der Waals surface area contributed by atoms with Crippen LogP contribution < -0.4 is 10.2 Å². The van der Waals surface area contributed by atoms with Gasteiger partial charge in [-0.15, -0.1) is 34.0 Å². The predicted molar refractivity (Wildman–Crippen MR) is 72.2 cm³/mol. The summed E-state index contributed by atoms with van der Waals surface area (Å²) in [5, 5.41) is 3.34. The van der Waals surface area contributed by atoms with E-state index in [1.165, 1.54) is 5.69 Å². The molecule has 1 aliphatic heterocycles. The molecule has 14 heavy (non-hydrogen) atoms. The van der Waals surface area contributed by atoms with Crippen molar-refractivity contribution in [3.8, 4) is 0 Å². The highest BCUT2D eigenvalue weighted by Crippen LogP contribution is 2.12. The molecule has 2 nitrogen and oxygen atoms in total. The molecule has 1 aliphatic rings. The molecule has 0 amide bonds. The summed E-state index contributed by atoms with van der Waals surface area (Å²) in [5.74, 6) is 0. The van der Waals surface area contributed by atoms with Gasteiger partial charge in [-0.1, -0.05) is 18.2 Å². The van der Waals surface area contributed by atoms with Crippen LogP contribution in [0.5, 0.6) is 0 Å². The van der Waals surface area contributed by atoms with Crippen LogP contribution in [0.4, 0.5) is 5.69 Å². The van der Waals surface area contributed by atoms with Crippen molar-refractivity contribution < 1.29 is 0 Å². The van der Waals surface area contributed by atoms with E-state index in [9.17, 15) is 0 Å². The summed E-state index contributed by atoms with van der Waals surface area (Å²) >= 11 is 0. The Balaban J connectivity index is 0.000000845. The number of piperazine rings is 1. The molecule has 80 valence electrons. The van der Waals surface area contributed by atoms with Gasteiger partial charge in [-0.2, -0.15) is 0 Å². The largest absolute Gasteiger partial charge is 0.369 e. The number of rotatable bonds is 1. The first-order chi connectivity index (χ1) is 5.97. The number of halogens is 2. The van der Waals surface area contributed by atoms with Gasteiger partial charge in [0.05, 0.1) is 0 Å². The van der Waals surface area contributed by atoms with Crippen LogP contribution in [0.15, 0.2) is 30.3 Å². The Hall–Kier alpha value is -0.0600. The Morgan fingerprint density at radius 2 is 1.50 bits per heavy atom. The summed E-state index contributed by atoms with van der Waals surface area (Å²) in [6, 6.07) is 10.6. The Morgan fingerprint density at radius 1 is 0.929 bits per heavy atom. The molecular weight excluding hydrogens is 308 g/mol. The van der Waals surface area contributed by atoms with Gasteiger partial charge in [-0.05, 0) is 12.1 Å². The lowest BCUT2D eigenvalue weighted by Gasteiger charge is -2.29. The van der Waals surface area contributed by atoms with Crippen molar-refractivity contribution in [1.82, 2.24) is 5.32 Å². The molecule has 0 aliphatic carbocycles. The fourth-order valence-electron chi connectivity index (χ4n) is 1.56. The van der Waals surface area contributed by atoms with Crippen molar-refractivity contribution in [3.63, 3.8) is 0 Å². The summed E-state index contributed by atoms with van der Waals surface area (Å²) < 4.78 is 0. The Bertz CT molecular complexity index is 235. The van der Waals surface area contributed by atoms with E-state index in [1.54, 1.807) is 0 Å². The minimum Gasteiger partial charge on any atom is -0.369 e. The minimum atomic E-state index is 0. The van der Waals surface area contributed by atoms with Gasteiger partial charge in [0.1, 0.15) is 0 Å². The zero-order valence-corrected chi connectivity index (χ0v) is 11.4. The van der Waals surface area contributed by atoms with Crippen LogP contribution in [-0.4, -0.2) is 26.2 Å². The SMILES string of the molecule is Br.Br.c1ccc(N2CCNCC2)cc1. The number of para-hydroxylation sites is 1. The molecule has 0 spiro atoms. The highest BCUT2D eigenvalue weighted by atomic mass is 79.9. The number of hydrogen-bond donors (Lipinski definition) is 1. The Labute approximate surface area is 106 Å². The summed E-state index contributed by atoms with van der Waals surface area (Å²) in [5.41, 5.74) is 1.35. The monoisotopic (exact) mass is 322 g/mol. The van der Waals surface area contributed by atoms with Gasteiger partial charge in [0.15, 0.2) is 0 Å². The quantitative estimate of drug-likeness (QED) is 0.852. The van der Waals surface area contributed by atoms with E-state index in [2.05, 4.69) is 40.5 Å². The number of nitrogens with zero attached hydrogens (tertiary/aromatic N) is 1. The van der Waals surface area contributed by atoms with E-state index < -0.39 is 0 Å². The van der Waals surface area contributed by atoms with E-state index in [0.717, 1.165) is 26.2 Å².